The van der Waals surface area contributed by atoms with Gasteiger partial charge in [-0.3, -0.25) is 19.8 Å². The van der Waals surface area contributed by atoms with E-state index < -0.39 is 11.8 Å². The van der Waals surface area contributed by atoms with Gasteiger partial charge in [0.05, 0.1) is 0 Å². The number of carbonyl (C=O) groups is 2. The number of carbonyl (C=O) groups excluding carboxylic acids is 2. The first kappa shape index (κ1) is 16.0. The van der Waals surface area contributed by atoms with E-state index in [2.05, 4.69) is 20.7 Å². The summed E-state index contributed by atoms with van der Waals surface area (Å²) in [5.41, 5.74) is -0.200. The quantitative estimate of drug-likeness (QED) is 0.819. The second-order valence-electron chi connectivity index (χ2n) is 7.47. The Balaban J connectivity index is 1.49. The van der Waals surface area contributed by atoms with Crippen LogP contribution >= 0.6 is 0 Å². The van der Waals surface area contributed by atoms with Crippen molar-refractivity contribution in [1.29, 1.82) is 0 Å². The summed E-state index contributed by atoms with van der Waals surface area (Å²) in [6.45, 7) is 7.78. The van der Waals surface area contributed by atoms with Gasteiger partial charge in [-0.1, -0.05) is 25.9 Å². The lowest BCUT2D eigenvalue weighted by Crippen LogP contribution is -2.43. The lowest BCUT2D eigenvalue weighted by Gasteiger charge is -2.15. The molecule has 1 saturated heterocycles. The highest BCUT2D eigenvalue weighted by molar-refractivity contribution is 6.39. The van der Waals surface area contributed by atoms with E-state index in [0.717, 1.165) is 19.5 Å². The molecule has 7 nitrogen and oxygen atoms in total. The van der Waals surface area contributed by atoms with Crippen LogP contribution in [0, 0.1) is 0 Å². The highest BCUT2D eigenvalue weighted by Crippen LogP contribution is 2.29. The number of nitrogens with one attached hydrogen (secondary N) is 2. The molecule has 2 aliphatic rings. The number of rotatable bonds is 3. The first-order chi connectivity index (χ1) is 10.8. The fourth-order valence-corrected chi connectivity index (χ4v) is 2.79. The highest BCUT2D eigenvalue weighted by Gasteiger charge is 2.35. The summed E-state index contributed by atoms with van der Waals surface area (Å²) in [6.07, 6.45) is 3.40. The minimum atomic E-state index is -0.705. The standard InChI is InChI=1S/C16H24N4O3/c1-16(2,3)12-8-13(19-23-12)18-15(22)14(21)17-10-6-7-20(9-10)11-4-5-11/h8,10-11H,4-7,9H2,1-3H3,(H,17,21)(H,18,19,22)/t10-/m1/s1. The van der Waals surface area contributed by atoms with Gasteiger partial charge in [-0.25, -0.2) is 0 Å². The van der Waals surface area contributed by atoms with Crippen molar-refractivity contribution in [2.45, 2.75) is 57.5 Å². The number of nitrogens with zero attached hydrogens (tertiary/aromatic N) is 2. The molecule has 1 aromatic rings. The molecular weight excluding hydrogens is 296 g/mol. The number of amides is 2. The van der Waals surface area contributed by atoms with Crippen LogP contribution in [0.1, 0.15) is 45.8 Å². The van der Waals surface area contributed by atoms with Crippen molar-refractivity contribution in [3.8, 4) is 0 Å². The van der Waals surface area contributed by atoms with Crippen LogP contribution in [0.25, 0.3) is 0 Å². The third-order valence-corrected chi connectivity index (χ3v) is 4.32. The maximum atomic E-state index is 12.0. The maximum absolute atomic E-state index is 12.0. The molecule has 23 heavy (non-hydrogen) atoms. The topological polar surface area (TPSA) is 87.5 Å². The van der Waals surface area contributed by atoms with Crippen LogP contribution < -0.4 is 10.6 Å². The van der Waals surface area contributed by atoms with Crippen molar-refractivity contribution in [2.75, 3.05) is 18.4 Å². The monoisotopic (exact) mass is 320 g/mol. The Morgan fingerprint density at radius 1 is 1.26 bits per heavy atom. The molecule has 1 aliphatic carbocycles. The maximum Gasteiger partial charge on any atom is 0.314 e. The molecule has 1 saturated carbocycles. The zero-order valence-corrected chi connectivity index (χ0v) is 13.9. The van der Waals surface area contributed by atoms with Crippen molar-refractivity contribution >= 4 is 17.6 Å². The Kier molecular flexibility index (Phi) is 4.14. The molecule has 2 fully saturated rings. The van der Waals surface area contributed by atoms with Crippen LogP contribution in [-0.4, -0.2) is 47.0 Å². The molecule has 0 unspecified atom stereocenters. The Morgan fingerprint density at radius 3 is 2.61 bits per heavy atom. The summed E-state index contributed by atoms with van der Waals surface area (Å²) >= 11 is 0. The van der Waals surface area contributed by atoms with E-state index in [1.54, 1.807) is 6.07 Å². The average Bonchev–Trinajstić information content (AvgIpc) is 3.02. The predicted molar refractivity (Wildman–Crippen MR) is 85.0 cm³/mol. The van der Waals surface area contributed by atoms with Gasteiger partial charge in [0.1, 0.15) is 5.76 Å². The normalized spacial score (nSPS) is 22.1. The van der Waals surface area contributed by atoms with Crippen LogP contribution in [0.5, 0.6) is 0 Å². The molecule has 1 aromatic heterocycles. The van der Waals surface area contributed by atoms with E-state index in [-0.39, 0.29) is 17.3 Å². The summed E-state index contributed by atoms with van der Waals surface area (Å²) < 4.78 is 5.19. The highest BCUT2D eigenvalue weighted by atomic mass is 16.5. The van der Waals surface area contributed by atoms with Crippen LogP contribution in [0.4, 0.5) is 5.82 Å². The van der Waals surface area contributed by atoms with Crippen molar-refractivity contribution in [1.82, 2.24) is 15.4 Å². The zero-order chi connectivity index (χ0) is 16.6. The van der Waals surface area contributed by atoms with Gasteiger partial charge >= 0.3 is 11.8 Å². The van der Waals surface area contributed by atoms with E-state index in [1.807, 2.05) is 20.8 Å². The number of likely N-dealkylation sites (tertiary alicyclic amines) is 1. The number of hydrogen-bond donors (Lipinski definition) is 2. The Hall–Kier alpha value is -1.89. The summed E-state index contributed by atoms with van der Waals surface area (Å²) in [6, 6.07) is 2.39. The van der Waals surface area contributed by atoms with Gasteiger partial charge in [-0.2, -0.15) is 0 Å². The van der Waals surface area contributed by atoms with Gasteiger partial charge < -0.3 is 9.84 Å². The second-order valence-corrected chi connectivity index (χ2v) is 7.47. The number of aromatic nitrogens is 1. The summed E-state index contributed by atoms with van der Waals surface area (Å²) in [5, 5.41) is 9.07. The molecule has 7 heteroatoms. The molecule has 2 amide bonds. The molecule has 2 N–H and O–H groups in total. The molecule has 0 spiro atoms. The average molecular weight is 320 g/mol. The molecule has 1 aliphatic heterocycles. The molecular formula is C16H24N4O3. The first-order valence-electron chi connectivity index (χ1n) is 8.16. The van der Waals surface area contributed by atoms with E-state index in [4.69, 9.17) is 4.52 Å². The summed E-state index contributed by atoms with van der Waals surface area (Å²) in [7, 11) is 0. The second kappa shape index (κ2) is 5.96. The Labute approximate surface area is 135 Å². The minimum Gasteiger partial charge on any atom is -0.359 e. The minimum absolute atomic E-state index is 0.0521. The first-order valence-corrected chi connectivity index (χ1v) is 8.16. The number of anilines is 1. The Morgan fingerprint density at radius 2 is 2.00 bits per heavy atom. The van der Waals surface area contributed by atoms with Gasteiger partial charge in [-0.05, 0) is 19.3 Å². The van der Waals surface area contributed by atoms with Crippen molar-refractivity contribution in [3.63, 3.8) is 0 Å². The molecule has 0 radical (unpaired) electrons. The predicted octanol–water partition coefficient (Wildman–Crippen LogP) is 1.26. The van der Waals surface area contributed by atoms with E-state index in [0.29, 0.717) is 11.8 Å². The smallest absolute Gasteiger partial charge is 0.314 e. The summed E-state index contributed by atoms with van der Waals surface area (Å²) in [4.78, 5) is 26.4. The fraction of sp³-hybridized carbons (Fsp3) is 0.688. The molecule has 2 heterocycles. The van der Waals surface area contributed by atoms with Crippen LogP contribution in [0.3, 0.4) is 0 Å². The third-order valence-electron chi connectivity index (χ3n) is 4.32. The van der Waals surface area contributed by atoms with Crippen LogP contribution in [0.15, 0.2) is 10.6 Å². The lowest BCUT2D eigenvalue weighted by molar-refractivity contribution is -0.136. The fourth-order valence-electron chi connectivity index (χ4n) is 2.79. The van der Waals surface area contributed by atoms with E-state index in [1.165, 1.54) is 12.8 Å². The van der Waals surface area contributed by atoms with Crippen LogP contribution in [0.2, 0.25) is 0 Å². The van der Waals surface area contributed by atoms with Crippen molar-refractivity contribution < 1.29 is 14.1 Å². The van der Waals surface area contributed by atoms with Crippen LogP contribution in [-0.2, 0) is 15.0 Å². The van der Waals surface area contributed by atoms with E-state index >= 15 is 0 Å². The van der Waals surface area contributed by atoms with Crippen molar-refractivity contribution in [3.05, 3.63) is 11.8 Å². The van der Waals surface area contributed by atoms with Gasteiger partial charge in [-0.15, -0.1) is 0 Å². The third kappa shape index (κ3) is 3.90. The molecule has 0 bridgehead atoms. The van der Waals surface area contributed by atoms with Gasteiger partial charge in [0.25, 0.3) is 0 Å². The molecule has 126 valence electrons. The van der Waals surface area contributed by atoms with E-state index in [9.17, 15) is 9.59 Å². The largest absolute Gasteiger partial charge is 0.359 e. The van der Waals surface area contributed by atoms with Gasteiger partial charge in [0.15, 0.2) is 5.82 Å². The molecule has 3 rings (SSSR count). The lowest BCUT2D eigenvalue weighted by atomic mass is 9.93. The Bertz CT molecular complexity index is 601. The molecule has 0 aromatic carbocycles. The summed E-state index contributed by atoms with van der Waals surface area (Å²) in [5.74, 6) is -0.401. The zero-order valence-electron chi connectivity index (χ0n) is 13.9. The van der Waals surface area contributed by atoms with Gasteiger partial charge in [0, 0.05) is 36.7 Å². The van der Waals surface area contributed by atoms with Crippen molar-refractivity contribution in [2.24, 2.45) is 0 Å². The number of hydrogen-bond acceptors (Lipinski definition) is 5. The van der Waals surface area contributed by atoms with Gasteiger partial charge in [0.2, 0.25) is 0 Å². The SMILES string of the molecule is CC(C)(C)c1cc(NC(=O)C(=O)N[C@@H]2CCN(C3CC3)C2)no1. The molecule has 1 atom stereocenters.